The fourth-order valence-corrected chi connectivity index (χ4v) is 2.88. The van der Waals surface area contributed by atoms with Crippen LogP contribution in [0.1, 0.15) is 34.7 Å². The summed E-state index contributed by atoms with van der Waals surface area (Å²) in [6.07, 6.45) is 2.39. The molecule has 1 aromatic heterocycles. The molecular formula is C18H20F2N2O3. The number of amides is 1. The van der Waals surface area contributed by atoms with Gasteiger partial charge < -0.3 is 14.5 Å². The number of halogens is 2. The first-order valence-electron chi connectivity index (χ1n) is 8.19. The lowest BCUT2D eigenvalue weighted by molar-refractivity contribution is -0.0498. The summed E-state index contributed by atoms with van der Waals surface area (Å²) in [6.45, 7) is 1.63. The minimum atomic E-state index is -2.88. The van der Waals surface area contributed by atoms with Gasteiger partial charge in [-0.3, -0.25) is 9.69 Å². The van der Waals surface area contributed by atoms with Crippen LogP contribution < -0.4 is 10.1 Å². The van der Waals surface area contributed by atoms with Crippen molar-refractivity contribution >= 4 is 11.6 Å². The van der Waals surface area contributed by atoms with Crippen LogP contribution in [0.5, 0.6) is 5.75 Å². The van der Waals surface area contributed by atoms with Crippen LogP contribution in [-0.4, -0.2) is 30.5 Å². The van der Waals surface area contributed by atoms with Gasteiger partial charge in [-0.2, -0.15) is 8.78 Å². The second kappa shape index (κ2) is 7.65. The highest BCUT2D eigenvalue weighted by Crippen LogP contribution is 2.23. The third-order valence-electron chi connectivity index (χ3n) is 4.13. The molecule has 0 atom stereocenters. The first-order chi connectivity index (χ1) is 12.0. The molecule has 7 heteroatoms. The number of carbonyl (C=O) groups excluding carboxylic acids is 1. The van der Waals surface area contributed by atoms with E-state index in [1.807, 2.05) is 0 Å². The van der Waals surface area contributed by atoms with Gasteiger partial charge in [0, 0.05) is 5.69 Å². The number of furan rings is 1. The van der Waals surface area contributed by atoms with E-state index in [-0.39, 0.29) is 17.4 Å². The van der Waals surface area contributed by atoms with E-state index in [2.05, 4.69) is 15.0 Å². The van der Waals surface area contributed by atoms with Crippen molar-refractivity contribution in [1.29, 1.82) is 0 Å². The maximum atomic E-state index is 12.3. The highest BCUT2D eigenvalue weighted by atomic mass is 19.3. The second-order valence-electron chi connectivity index (χ2n) is 6.06. The summed E-state index contributed by atoms with van der Waals surface area (Å²) in [4.78, 5) is 14.6. The zero-order chi connectivity index (χ0) is 17.8. The number of ether oxygens (including phenoxy) is 1. The van der Waals surface area contributed by atoms with Gasteiger partial charge in [-0.1, -0.05) is 0 Å². The van der Waals surface area contributed by atoms with Gasteiger partial charge in [-0.05, 0) is 68.8 Å². The van der Waals surface area contributed by atoms with Crippen LogP contribution >= 0.6 is 0 Å². The monoisotopic (exact) mass is 350 g/mol. The number of hydrogen-bond donors (Lipinski definition) is 1. The number of nitrogens with zero attached hydrogens (tertiary/aromatic N) is 1. The Morgan fingerprint density at radius 2 is 2.04 bits per heavy atom. The minimum Gasteiger partial charge on any atom is -0.455 e. The van der Waals surface area contributed by atoms with Crippen molar-refractivity contribution in [1.82, 2.24) is 4.90 Å². The number of alkyl halides is 2. The smallest absolute Gasteiger partial charge is 0.387 e. The predicted octanol–water partition coefficient (Wildman–Crippen LogP) is 4.04. The Bertz CT molecular complexity index is 740. The molecule has 5 nitrogen and oxygen atoms in total. The van der Waals surface area contributed by atoms with Gasteiger partial charge in [0.1, 0.15) is 11.5 Å². The summed E-state index contributed by atoms with van der Waals surface area (Å²) in [7, 11) is 0. The number of hydrogen-bond acceptors (Lipinski definition) is 4. The Balaban J connectivity index is 1.63. The average Bonchev–Trinajstić information content (AvgIpc) is 3.22. The van der Waals surface area contributed by atoms with Crippen LogP contribution in [0.15, 0.2) is 34.7 Å². The van der Waals surface area contributed by atoms with Gasteiger partial charge in [0.15, 0.2) is 5.76 Å². The van der Waals surface area contributed by atoms with Gasteiger partial charge >= 0.3 is 6.61 Å². The lowest BCUT2D eigenvalue weighted by atomic mass is 10.2. The molecule has 0 saturated carbocycles. The van der Waals surface area contributed by atoms with Crippen molar-refractivity contribution in [3.05, 3.63) is 47.4 Å². The molecule has 1 aliphatic heterocycles. The van der Waals surface area contributed by atoms with Gasteiger partial charge in [0.2, 0.25) is 0 Å². The van der Waals surface area contributed by atoms with Crippen molar-refractivity contribution in [3.8, 4) is 5.75 Å². The minimum absolute atomic E-state index is 0.0522. The van der Waals surface area contributed by atoms with Gasteiger partial charge in [0.05, 0.1) is 6.54 Å². The van der Waals surface area contributed by atoms with Gasteiger partial charge in [-0.15, -0.1) is 0 Å². The van der Waals surface area contributed by atoms with Crippen LogP contribution in [0.3, 0.4) is 0 Å². The second-order valence-corrected chi connectivity index (χ2v) is 6.06. The summed E-state index contributed by atoms with van der Waals surface area (Å²) in [5.41, 5.74) is 1.14. The summed E-state index contributed by atoms with van der Waals surface area (Å²) in [6, 6.07) is 7.81. The predicted molar refractivity (Wildman–Crippen MR) is 89.0 cm³/mol. The third-order valence-corrected chi connectivity index (χ3v) is 4.13. The summed E-state index contributed by atoms with van der Waals surface area (Å²) >= 11 is 0. The molecule has 1 saturated heterocycles. The van der Waals surface area contributed by atoms with Crippen molar-refractivity contribution in [2.45, 2.75) is 32.9 Å². The van der Waals surface area contributed by atoms with E-state index in [1.54, 1.807) is 19.1 Å². The zero-order valence-corrected chi connectivity index (χ0v) is 13.9. The maximum absolute atomic E-state index is 12.3. The fourth-order valence-electron chi connectivity index (χ4n) is 2.88. The van der Waals surface area contributed by atoms with Crippen LogP contribution in [0.25, 0.3) is 0 Å². The largest absolute Gasteiger partial charge is 0.455 e. The fraction of sp³-hybridized carbons (Fsp3) is 0.389. The van der Waals surface area contributed by atoms with Gasteiger partial charge in [0.25, 0.3) is 5.91 Å². The molecule has 0 radical (unpaired) electrons. The molecule has 3 rings (SSSR count). The highest BCUT2D eigenvalue weighted by molar-refractivity contribution is 6.02. The van der Waals surface area contributed by atoms with Crippen molar-refractivity contribution < 1.29 is 22.7 Å². The van der Waals surface area contributed by atoms with Crippen LogP contribution in [-0.2, 0) is 6.54 Å². The molecule has 2 aromatic rings. The SMILES string of the molecule is Cc1cc(OC(F)F)ccc1NC(=O)c1ccc(CN2CCCC2)o1. The van der Waals surface area contributed by atoms with E-state index in [1.165, 1.54) is 31.0 Å². The molecule has 1 aromatic carbocycles. The van der Waals surface area contributed by atoms with Gasteiger partial charge in [-0.25, -0.2) is 0 Å². The molecule has 0 bridgehead atoms. The van der Waals surface area contributed by atoms with Crippen LogP contribution in [0.4, 0.5) is 14.5 Å². The Morgan fingerprint density at radius 1 is 1.28 bits per heavy atom. The number of aryl methyl sites for hydroxylation is 1. The van der Waals surface area contributed by atoms with E-state index in [9.17, 15) is 13.6 Å². The topological polar surface area (TPSA) is 54.7 Å². The first kappa shape index (κ1) is 17.4. The van der Waals surface area contributed by atoms with Crippen molar-refractivity contribution in [3.63, 3.8) is 0 Å². The molecular weight excluding hydrogens is 330 g/mol. The summed E-state index contributed by atoms with van der Waals surface area (Å²) < 4.78 is 34.4. The lowest BCUT2D eigenvalue weighted by Gasteiger charge is -2.12. The molecule has 1 aliphatic rings. The molecule has 1 fully saturated rings. The molecule has 25 heavy (non-hydrogen) atoms. The van der Waals surface area contributed by atoms with Crippen LogP contribution in [0.2, 0.25) is 0 Å². The highest BCUT2D eigenvalue weighted by Gasteiger charge is 2.17. The lowest BCUT2D eigenvalue weighted by Crippen LogP contribution is -2.18. The van der Waals surface area contributed by atoms with Crippen molar-refractivity contribution in [2.75, 3.05) is 18.4 Å². The quantitative estimate of drug-likeness (QED) is 0.854. The number of rotatable bonds is 6. The Kier molecular flexibility index (Phi) is 5.33. The summed E-state index contributed by atoms with van der Waals surface area (Å²) in [5, 5.41) is 2.72. The van der Waals surface area contributed by atoms with E-state index in [0.29, 0.717) is 17.8 Å². The maximum Gasteiger partial charge on any atom is 0.387 e. The molecule has 0 spiro atoms. The van der Waals surface area contributed by atoms with Crippen molar-refractivity contribution in [2.24, 2.45) is 0 Å². The summed E-state index contributed by atoms with van der Waals surface area (Å²) in [5.74, 6) is 0.653. The molecule has 1 amide bonds. The third kappa shape index (κ3) is 4.57. The number of carbonyl (C=O) groups is 1. The Hall–Kier alpha value is -2.41. The molecule has 2 heterocycles. The average molecular weight is 350 g/mol. The molecule has 1 N–H and O–H groups in total. The molecule has 0 aliphatic carbocycles. The number of anilines is 1. The number of benzene rings is 1. The standard InChI is InChI=1S/C18H20F2N2O3/c1-12-10-13(25-18(19)20)4-6-15(12)21-17(23)16-7-5-14(24-16)11-22-8-2-3-9-22/h4-7,10,18H,2-3,8-9,11H2,1H3,(H,21,23). The van der Waals surface area contributed by atoms with E-state index >= 15 is 0 Å². The van der Waals surface area contributed by atoms with Crippen LogP contribution in [0, 0.1) is 6.92 Å². The van der Waals surface area contributed by atoms with E-state index in [4.69, 9.17) is 4.42 Å². The number of likely N-dealkylation sites (tertiary alicyclic amines) is 1. The molecule has 0 unspecified atom stereocenters. The normalized spacial score (nSPS) is 14.9. The van der Waals surface area contributed by atoms with E-state index in [0.717, 1.165) is 18.8 Å². The first-order valence-corrected chi connectivity index (χ1v) is 8.19. The van der Waals surface area contributed by atoms with E-state index < -0.39 is 6.61 Å². The molecule has 134 valence electrons. The Morgan fingerprint density at radius 3 is 2.72 bits per heavy atom. The Labute approximate surface area is 144 Å². The zero-order valence-electron chi connectivity index (χ0n) is 13.9. The number of nitrogens with one attached hydrogen (secondary N) is 1.